The summed E-state index contributed by atoms with van der Waals surface area (Å²) in [4.78, 5) is 14.8. The van der Waals surface area contributed by atoms with Crippen molar-refractivity contribution in [3.8, 4) is 11.5 Å². The van der Waals surface area contributed by atoms with Crippen molar-refractivity contribution in [3.63, 3.8) is 0 Å². The lowest BCUT2D eigenvalue weighted by atomic mass is 10.1. The third-order valence-corrected chi connectivity index (χ3v) is 4.29. The topological polar surface area (TPSA) is 51.9 Å². The minimum Gasteiger partial charge on any atom is -0.467 e. The molecule has 2 heterocycles. The van der Waals surface area contributed by atoms with Gasteiger partial charge >= 0.3 is 0 Å². The van der Waals surface area contributed by atoms with Gasteiger partial charge in [-0.2, -0.15) is 0 Å². The van der Waals surface area contributed by atoms with E-state index in [0.29, 0.717) is 25.3 Å². The molecule has 1 aliphatic rings. The maximum Gasteiger partial charge on any atom is 0.231 e. The van der Waals surface area contributed by atoms with Gasteiger partial charge < -0.3 is 18.8 Å². The van der Waals surface area contributed by atoms with E-state index in [1.54, 1.807) is 11.2 Å². The van der Waals surface area contributed by atoms with Crippen LogP contribution in [0.15, 0.2) is 71.3 Å². The summed E-state index contributed by atoms with van der Waals surface area (Å²) in [6, 6.07) is 19.3. The van der Waals surface area contributed by atoms with Gasteiger partial charge in [0.15, 0.2) is 11.5 Å². The summed E-state index contributed by atoms with van der Waals surface area (Å²) in [6.45, 7) is 1.20. The summed E-state index contributed by atoms with van der Waals surface area (Å²) in [6.07, 6.45) is 1.92. The molecule has 2 aromatic carbocycles. The lowest BCUT2D eigenvalue weighted by molar-refractivity contribution is -0.132. The third-order valence-electron chi connectivity index (χ3n) is 4.29. The van der Waals surface area contributed by atoms with Crippen molar-refractivity contribution in [1.82, 2.24) is 4.90 Å². The summed E-state index contributed by atoms with van der Waals surface area (Å²) < 4.78 is 16.2. The zero-order valence-electron chi connectivity index (χ0n) is 14.3. The number of hydrogen-bond donors (Lipinski definition) is 0. The van der Waals surface area contributed by atoms with Gasteiger partial charge in [-0.3, -0.25) is 4.79 Å². The highest BCUT2D eigenvalue weighted by atomic mass is 16.7. The van der Waals surface area contributed by atoms with Crippen molar-refractivity contribution in [1.29, 1.82) is 0 Å². The highest BCUT2D eigenvalue weighted by Crippen LogP contribution is 2.32. The Balaban J connectivity index is 1.51. The molecular weight excluding hydrogens is 330 g/mol. The first kappa shape index (κ1) is 16.3. The number of benzene rings is 2. The molecule has 3 aromatic rings. The van der Waals surface area contributed by atoms with Crippen LogP contribution in [-0.2, 0) is 24.3 Å². The first-order valence-electron chi connectivity index (χ1n) is 8.50. The van der Waals surface area contributed by atoms with Gasteiger partial charge in [0.25, 0.3) is 0 Å². The molecule has 132 valence electrons. The SMILES string of the molecule is O=C(Cc1ccc2c(c1)OCO2)N(Cc1ccccc1)Cc1ccco1. The summed E-state index contributed by atoms with van der Waals surface area (Å²) in [7, 11) is 0. The fourth-order valence-corrected chi connectivity index (χ4v) is 2.96. The fourth-order valence-electron chi connectivity index (χ4n) is 2.96. The molecule has 4 rings (SSSR count). The summed E-state index contributed by atoms with van der Waals surface area (Å²) in [5.41, 5.74) is 1.98. The van der Waals surface area contributed by atoms with Gasteiger partial charge in [-0.1, -0.05) is 36.4 Å². The second-order valence-electron chi connectivity index (χ2n) is 6.18. The number of rotatable bonds is 6. The molecule has 1 aliphatic heterocycles. The Morgan fingerprint density at radius 3 is 2.54 bits per heavy atom. The van der Waals surface area contributed by atoms with Gasteiger partial charge in [-0.25, -0.2) is 0 Å². The first-order valence-corrected chi connectivity index (χ1v) is 8.50. The molecule has 0 saturated heterocycles. The molecule has 0 aliphatic carbocycles. The van der Waals surface area contributed by atoms with E-state index in [0.717, 1.165) is 22.6 Å². The number of amides is 1. The molecule has 1 amide bonds. The quantitative estimate of drug-likeness (QED) is 0.680. The maximum atomic E-state index is 13.0. The zero-order chi connectivity index (χ0) is 17.8. The Labute approximate surface area is 151 Å². The molecule has 5 heteroatoms. The van der Waals surface area contributed by atoms with Gasteiger partial charge in [0, 0.05) is 6.54 Å². The van der Waals surface area contributed by atoms with Crippen LogP contribution in [0.1, 0.15) is 16.9 Å². The van der Waals surface area contributed by atoms with Crippen molar-refractivity contribution in [2.45, 2.75) is 19.5 Å². The van der Waals surface area contributed by atoms with Gasteiger partial charge in [0.1, 0.15) is 5.76 Å². The minimum atomic E-state index is 0.0316. The Bertz CT molecular complexity index is 874. The van der Waals surface area contributed by atoms with E-state index in [1.165, 1.54) is 0 Å². The van der Waals surface area contributed by atoms with E-state index < -0.39 is 0 Å². The van der Waals surface area contributed by atoms with Crippen LogP contribution in [0, 0.1) is 0 Å². The molecule has 0 radical (unpaired) electrons. The van der Waals surface area contributed by atoms with Crippen LogP contribution in [0.2, 0.25) is 0 Å². The standard InChI is InChI=1S/C21H19NO4/c23-21(12-17-8-9-19-20(11-17)26-15-25-19)22(14-18-7-4-10-24-18)13-16-5-2-1-3-6-16/h1-11H,12-15H2. The molecule has 0 N–H and O–H groups in total. The molecule has 0 atom stereocenters. The van der Waals surface area contributed by atoms with Gasteiger partial charge in [0.2, 0.25) is 12.7 Å². The number of carbonyl (C=O) groups is 1. The number of ether oxygens (including phenoxy) is 2. The van der Waals surface area contributed by atoms with Crippen molar-refractivity contribution in [2.24, 2.45) is 0 Å². The maximum absolute atomic E-state index is 13.0. The van der Waals surface area contributed by atoms with Crippen molar-refractivity contribution in [2.75, 3.05) is 6.79 Å². The number of nitrogens with zero attached hydrogens (tertiary/aromatic N) is 1. The second-order valence-corrected chi connectivity index (χ2v) is 6.18. The Kier molecular flexibility index (Phi) is 4.60. The van der Waals surface area contributed by atoms with Crippen LogP contribution in [0.3, 0.4) is 0 Å². The Morgan fingerprint density at radius 1 is 0.885 bits per heavy atom. The van der Waals surface area contributed by atoms with Crippen LogP contribution < -0.4 is 9.47 Å². The van der Waals surface area contributed by atoms with Crippen LogP contribution in [0.5, 0.6) is 11.5 Å². The Morgan fingerprint density at radius 2 is 1.73 bits per heavy atom. The average molecular weight is 349 g/mol. The molecule has 0 saturated carbocycles. The highest BCUT2D eigenvalue weighted by molar-refractivity contribution is 5.79. The van der Waals surface area contributed by atoms with E-state index in [2.05, 4.69) is 0 Å². The van der Waals surface area contributed by atoms with Crippen molar-refractivity contribution >= 4 is 5.91 Å². The summed E-state index contributed by atoms with van der Waals surface area (Å²) in [5.74, 6) is 2.21. The van der Waals surface area contributed by atoms with Crippen LogP contribution in [0.4, 0.5) is 0 Å². The van der Waals surface area contributed by atoms with Crippen LogP contribution in [0.25, 0.3) is 0 Å². The number of fused-ring (bicyclic) bond motifs is 1. The number of carbonyl (C=O) groups excluding carboxylic acids is 1. The zero-order valence-corrected chi connectivity index (χ0v) is 14.3. The number of furan rings is 1. The van der Waals surface area contributed by atoms with Gasteiger partial charge in [-0.05, 0) is 35.4 Å². The summed E-state index contributed by atoms with van der Waals surface area (Å²) >= 11 is 0. The molecule has 0 spiro atoms. The highest BCUT2D eigenvalue weighted by Gasteiger charge is 2.19. The second kappa shape index (κ2) is 7.35. The van der Waals surface area contributed by atoms with E-state index in [4.69, 9.17) is 13.9 Å². The van der Waals surface area contributed by atoms with E-state index in [1.807, 2.05) is 60.7 Å². The minimum absolute atomic E-state index is 0.0316. The lowest BCUT2D eigenvalue weighted by Crippen LogP contribution is -2.31. The van der Waals surface area contributed by atoms with Crippen molar-refractivity contribution in [3.05, 3.63) is 83.8 Å². The fraction of sp³-hybridized carbons (Fsp3) is 0.190. The van der Waals surface area contributed by atoms with E-state index in [9.17, 15) is 4.79 Å². The Hall–Kier alpha value is -3.21. The van der Waals surface area contributed by atoms with Crippen molar-refractivity contribution < 1.29 is 18.7 Å². The molecule has 0 bridgehead atoms. The van der Waals surface area contributed by atoms with E-state index in [-0.39, 0.29) is 12.7 Å². The smallest absolute Gasteiger partial charge is 0.231 e. The van der Waals surface area contributed by atoms with Crippen LogP contribution in [-0.4, -0.2) is 17.6 Å². The number of hydrogen-bond acceptors (Lipinski definition) is 4. The summed E-state index contributed by atoms with van der Waals surface area (Å²) in [5, 5.41) is 0. The predicted molar refractivity (Wildman–Crippen MR) is 95.7 cm³/mol. The van der Waals surface area contributed by atoms with Gasteiger partial charge in [0.05, 0.1) is 19.2 Å². The molecule has 5 nitrogen and oxygen atoms in total. The monoisotopic (exact) mass is 349 g/mol. The molecular formula is C21H19NO4. The van der Waals surface area contributed by atoms with Gasteiger partial charge in [-0.15, -0.1) is 0 Å². The average Bonchev–Trinajstić information content (AvgIpc) is 3.33. The molecule has 0 unspecified atom stereocenters. The third kappa shape index (κ3) is 3.72. The lowest BCUT2D eigenvalue weighted by Gasteiger charge is -2.22. The van der Waals surface area contributed by atoms with Crippen LogP contribution >= 0.6 is 0 Å². The first-order chi connectivity index (χ1) is 12.8. The molecule has 1 aromatic heterocycles. The largest absolute Gasteiger partial charge is 0.467 e. The molecule has 26 heavy (non-hydrogen) atoms. The molecule has 0 fully saturated rings. The predicted octanol–water partition coefficient (Wildman–Crippen LogP) is 3.78. The van der Waals surface area contributed by atoms with E-state index >= 15 is 0 Å². The normalized spacial score (nSPS) is 12.2.